The van der Waals surface area contributed by atoms with Crippen molar-refractivity contribution in [3.05, 3.63) is 34.4 Å². The molecule has 2 nitrogen and oxygen atoms in total. The summed E-state index contributed by atoms with van der Waals surface area (Å²) in [6.07, 6.45) is 11.2. The van der Waals surface area contributed by atoms with Crippen molar-refractivity contribution >= 4 is 0 Å². The van der Waals surface area contributed by atoms with Crippen LogP contribution < -0.4 is 0 Å². The molecule has 1 rings (SSSR count). The van der Waals surface area contributed by atoms with E-state index in [4.69, 9.17) is 0 Å². The summed E-state index contributed by atoms with van der Waals surface area (Å²) >= 11 is 0. The second-order valence-electron chi connectivity index (χ2n) is 6.39. The predicted octanol–water partition coefficient (Wildman–Crippen LogP) is 6.07. The van der Waals surface area contributed by atoms with E-state index in [1.165, 1.54) is 38.5 Å². The van der Waals surface area contributed by atoms with Crippen LogP contribution in [0, 0.1) is 46.3 Å². The summed E-state index contributed by atoms with van der Waals surface area (Å²) in [4.78, 5) is 0. The van der Waals surface area contributed by atoms with E-state index in [0.29, 0.717) is 11.1 Å². The smallest absolute Gasteiger partial charge is 0.101 e. The van der Waals surface area contributed by atoms with Crippen LogP contribution in [0.15, 0.2) is 12.1 Å². The summed E-state index contributed by atoms with van der Waals surface area (Å²) < 4.78 is 0. The Morgan fingerprint density at radius 1 is 0.615 bits per heavy atom. The molecule has 0 atom stereocenters. The molecule has 0 fully saturated rings. The van der Waals surface area contributed by atoms with Gasteiger partial charge in [0.25, 0.3) is 0 Å². The minimum atomic E-state index is 0.372. The second kappa shape index (κ2) is 13.6. The molecule has 0 aliphatic carbocycles. The molecule has 0 bridgehead atoms. The Morgan fingerprint density at radius 2 is 1.04 bits per heavy atom. The summed E-state index contributed by atoms with van der Waals surface area (Å²) in [5, 5.41) is 18.5. The molecule has 0 unspecified atom stereocenters. The van der Waals surface area contributed by atoms with Gasteiger partial charge in [-0.15, -0.1) is 0 Å². The molecule has 0 saturated heterocycles. The van der Waals surface area contributed by atoms with E-state index < -0.39 is 0 Å². The summed E-state index contributed by atoms with van der Waals surface area (Å²) in [6, 6.07) is 7.58. The van der Waals surface area contributed by atoms with Gasteiger partial charge in [-0.3, -0.25) is 0 Å². The first kappa shape index (κ1) is 21.4. The largest absolute Gasteiger partial charge is 0.192 e. The van der Waals surface area contributed by atoms with E-state index in [0.717, 1.165) is 36.8 Å². The van der Waals surface area contributed by atoms with Gasteiger partial charge in [-0.1, -0.05) is 76.1 Å². The zero-order valence-corrected chi connectivity index (χ0v) is 16.1. The van der Waals surface area contributed by atoms with Crippen molar-refractivity contribution in [3.8, 4) is 35.8 Å². The molecule has 0 spiro atoms. The molecule has 134 valence electrons. The normalized spacial score (nSPS) is 9.23. The number of unbranched alkanes of at least 4 members (excludes halogenated alkanes) is 8. The fourth-order valence-corrected chi connectivity index (χ4v) is 2.59. The van der Waals surface area contributed by atoms with Gasteiger partial charge < -0.3 is 0 Å². The lowest BCUT2D eigenvalue weighted by Gasteiger charge is -2.01. The van der Waals surface area contributed by atoms with Crippen LogP contribution in [0.1, 0.15) is 100 Å². The molecular weight excluding hydrogens is 316 g/mol. The van der Waals surface area contributed by atoms with Gasteiger partial charge in [-0.25, -0.2) is 0 Å². The van der Waals surface area contributed by atoms with Gasteiger partial charge in [0, 0.05) is 24.0 Å². The molecule has 26 heavy (non-hydrogen) atoms. The van der Waals surface area contributed by atoms with Crippen LogP contribution in [0.2, 0.25) is 0 Å². The molecule has 0 heterocycles. The standard InChI is InChI=1S/C24H28N2/c1-3-5-7-9-11-13-15-21-17-23(19-25)24(20-26)18-22(21)16-14-12-10-8-6-4-2/h17-18H,3-12H2,1-2H3. The predicted molar refractivity (Wildman–Crippen MR) is 107 cm³/mol. The van der Waals surface area contributed by atoms with E-state index in [2.05, 4.69) is 49.7 Å². The fourth-order valence-electron chi connectivity index (χ4n) is 2.59. The third-order valence-corrected chi connectivity index (χ3v) is 4.16. The molecular formula is C24H28N2. The lowest BCUT2D eigenvalue weighted by molar-refractivity contribution is 0.679. The lowest BCUT2D eigenvalue weighted by Crippen LogP contribution is -1.92. The fraction of sp³-hybridized carbons (Fsp3) is 0.500. The van der Waals surface area contributed by atoms with Crippen LogP contribution in [0.25, 0.3) is 0 Å². The maximum Gasteiger partial charge on any atom is 0.101 e. The van der Waals surface area contributed by atoms with Gasteiger partial charge in [-0.2, -0.15) is 10.5 Å². The molecule has 2 heteroatoms. The van der Waals surface area contributed by atoms with Crippen molar-refractivity contribution in [2.24, 2.45) is 0 Å². The first-order chi connectivity index (χ1) is 12.8. The molecule has 0 N–H and O–H groups in total. The Kier molecular flexibility index (Phi) is 11.2. The van der Waals surface area contributed by atoms with E-state index in [-0.39, 0.29) is 0 Å². The Bertz CT molecular complexity index is 700. The molecule has 1 aromatic carbocycles. The van der Waals surface area contributed by atoms with E-state index >= 15 is 0 Å². The van der Waals surface area contributed by atoms with Crippen molar-refractivity contribution in [1.29, 1.82) is 10.5 Å². The van der Waals surface area contributed by atoms with Crippen LogP contribution in [0.5, 0.6) is 0 Å². The average Bonchev–Trinajstić information content (AvgIpc) is 2.67. The van der Waals surface area contributed by atoms with Crippen molar-refractivity contribution < 1.29 is 0 Å². The van der Waals surface area contributed by atoms with Gasteiger partial charge in [0.05, 0.1) is 11.1 Å². The molecule has 1 aromatic rings. The van der Waals surface area contributed by atoms with Crippen molar-refractivity contribution in [3.63, 3.8) is 0 Å². The average molecular weight is 345 g/mol. The monoisotopic (exact) mass is 344 g/mol. The number of nitriles is 2. The SMILES string of the molecule is CCCCCCC#Cc1cc(C#N)c(C#N)cc1C#CCCCCCC. The first-order valence-corrected chi connectivity index (χ1v) is 9.72. The maximum absolute atomic E-state index is 9.24. The Hall–Kier alpha value is -2.68. The van der Waals surface area contributed by atoms with Crippen LogP contribution in [-0.2, 0) is 0 Å². The highest BCUT2D eigenvalue weighted by atomic mass is 14.3. The lowest BCUT2D eigenvalue weighted by atomic mass is 9.99. The quantitative estimate of drug-likeness (QED) is 0.424. The summed E-state index contributed by atoms with van der Waals surface area (Å²) in [6.45, 7) is 4.39. The number of rotatable bonds is 8. The van der Waals surface area contributed by atoms with Gasteiger partial charge in [0.1, 0.15) is 12.1 Å². The molecule has 0 amide bonds. The van der Waals surface area contributed by atoms with Crippen LogP contribution in [0.3, 0.4) is 0 Å². The second-order valence-corrected chi connectivity index (χ2v) is 6.39. The van der Waals surface area contributed by atoms with E-state index in [9.17, 15) is 10.5 Å². The molecule has 0 aliphatic heterocycles. The number of benzene rings is 1. The number of hydrogen-bond acceptors (Lipinski definition) is 2. The van der Waals surface area contributed by atoms with Gasteiger partial charge >= 0.3 is 0 Å². The Labute approximate surface area is 159 Å². The molecule has 0 aromatic heterocycles. The summed E-state index contributed by atoms with van der Waals surface area (Å²) in [5.41, 5.74) is 2.27. The summed E-state index contributed by atoms with van der Waals surface area (Å²) in [7, 11) is 0. The van der Waals surface area contributed by atoms with Crippen molar-refractivity contribution in [2.45, 2.75) is 78.1 Å². The highest BCUT2D eigenvalue weighted by Gasteiger charge is 2.07. The van der Waals surface area contributed by atoms with E-state index in [1.807, 2.05) is 0 Å². The van der Waals surface area contributed by atoms with Gasteiger partial charge in [-0.05, 0) is 25.0 Å². The van der Waals surface area contributed by atoms with Crippen molar-refractivity contribution in [1.82, 2.24) is 0 Å². The van der Waals surface area contributed by atoms with Gasteiger partial charge in [0.2, 0.25) is 0 Å². The number of hydrogen-bond donors (Lipinski definition) is 0. The first-order valence-electron chi connectivity index (χ1n) is 9.72. The minimum Gasteiger partial charge on any atom is -0.192 e. The van der Waals surface area contributed by atoms with Gasteiger partial charge in [0.15, 0.2) is 0 Å². The molecule has 0 radical (unpaired) electrons. The number of nitrogens with zero attached hydrogens (tertiary/aromatic N) is 2. The zero-order valence-electron chi connectivity index (χ0n) is 16.1. The third kappa shape index (κ3) is 7.93. The Balaban J connectivity index is 2.92. The molecule has 0 aliphatic rings. The minimum absolute atomic E-state index is 0.372. The highest BCUT2D eigenvalue weighted by molar-refractivity contribution is 5.59. The van der Waals surface area contributed by atoms with E-state index in [1.54, 1.807) is 12.1 Å². The topological polar surface area (TPSA) is 47.6 Å². The van der Waals surface area contributed by atoms with Crippen LogP contribution in [-0.4, -0.2) is 0 Å². The Morgan fingerprint density at radius 3 is 1.38 bits per heavy atom. The third-order valence-electron chi connectivity index (χ3n) is 4.16. The zero-order chi connectivity index (χ0) is 19.0. The van der Waals surface area contributed by atoms with Crippen molar-refractivity contribution in [2.75, 3.05) is 0 Å². The van der Waals surface area contributed by atoms with Crippen LogP contribution >= 0.6 is 0 Å². The molecule has 0 saturated carbocycles. The van der Waals surface area contributed by atoms with Crippen LogP contribution in [0.4, 0.5) is 0 Å². The maximum atomic E-state index is 9.24. The summed E-state index contributed by atoms with van der Waals surface area (Å²) in [5.74, 6) is 12.7. The highest BCUT2D eigenvalue weighted by Crippen LogP contribution is 2.15.